The van der Waals surface area contributed by atoms with Crippen molar-refractivity contribution >= 4 is 11.9 Å². The van der Waals surface area contributed by atoms with Gasteiger partial charge in [0.1, 0.15) is 12.4 Å². The molecule has 0 unspecified atom stereocenters. The Hall–Kier alpha value is -3.22. The summed E-state index contributed by atoms with van der Waals surface area (Å²) in [5.74, 6) is 0.0873. The van der Waals surface area contributed by atoms with Gasteiger partial charge in [-0.25, -0.2) is 4.79 Å². The molecule has 0 fully saturated rings. The van der Waals surface area contributed by atoms with Crippen molar-refractivity contribution in [3.63, 3.8) is 0 Å². The second-order valence-corrected chi connectivity index (χ2v) is 6.17. The molecule has 1 amide bonds. The zero-order valence-electron chi connectivity index (χ0n) is 16.3. The Morgan fingerprint density at radius 2 is 1.71 bits per heavy atom. The molecule has 7 heteroatoms. The highest BCUT2D eigenvalue weighted by Crippen LogP contribution is 2.29. The normalized spacial score (nSPS) is 10.2. The van der Waals surface area contributed by atoms with Gasteiger partial charge in [0.25, 0.3) is 5.91 Å². The molecule has 0 saturated carbocycles. The van der Waals surface area contributed by atoms with E-state index in [0.29, 0.717) is 31.1 Å². The number of aliphatic carboxylic acids is 1. The number of amides is 1. The molecule has 28 heavy (non-hydrogen) atoms. The molecular formula is C21H25NO6. The monoisotopic (exact) mass is 387 g/mol. The van der Waals surface area contributed by atoms with Crippen LogP contribution < -0.4 is 14.2 Å². The van der Waals surface area contributed by atoms with Gasteiger partial charge in [-0.1, -0.05) is 17.7 Å². The number of carboxylic acids is 1. The number of nitrogens with zero attached hydrogens (tertiary/aromatic N) is 1. The van der Waals surface area contributed by atoms with Crippen LogP contribution in [0.1, 0.15) is 22.8 Å². The number of likely N-dealkylation sites (N-methyl/N-ethyl adjacent to an activating group) is 1. The first-order valence-corrected chi connectivity index (χ1v) is 8.97. The minimum Gasteiger partial charge on any atom is -0.492 e. The third kappa shape index (κ3) is 6.19. The molecule has 0 heterocycles. The second kappa shape index (κ2) is 10.2. The van der Waals surface area contributed by atoms with E-state index in [2.05, 4.69) is 0 Å². The predicted molar refractivity (Wildman–Crippen MR) is 104 cm³/mol. The summed E-state index contributed by atoms with van der Waals surface area (Å²) in [6.07, 6.45) is 0. The van der Waals surface area contributed by atoms with Crippen molar-refractivity contribution in [1.82, 2.24) is 4.90 Å². The van der Waals surface area contributed by atoms with Crippen molar-refractivity contribution in [2.24, 2.45) is 0 Å². The maximum absolute atomic E-state index is 12.6. The van der Waals surface area contributed by atoms with Crippen molar-refractivity contribution in [2.45, 2.75) is 13.8 Å². The number of rotatable bonds is 10. The lowest BCUT2D eigenvalue weighted by atomic mass is 10.1. The van der Waals surface area contributed by atoms with Gasteiger partial charge in [0, 0.05) is 12.6 Å². The minimum absolute atomic E-state index is 0.196. The van der Waals surface area contributed by atoms with Crippen LogP contribution in [0, 0.1) is 6.92 Å². The maximum atomic E-state index is 12.6. The van der Waals surface area contributed by atoms with E-state index in [1.165, 1.54) is 6.07 Å². The average molecular weight is 387 g/mol. The zero-order valence-corrected chi connectivity index (χ0v) is 16.3. The molecular weight excluding hydrogens is 362 g/mol. The van der Waals surface area contributed by atoms with Gasteiger partial charge in [0.2, 0.25) is 0 Å². The smallest absolute Gasteiger partial charge is 0.341 e. The minimum atomic E-state index is -1.09. The third-order valence-corrected chi connectivity index (χ3v) is 3.90. The molecule has 150 valence electrons. The van der Waals surface area contributed by atoms with Gasteiger partial charge >= 0.3 is 5.97 Å². The molecule has 0 aliphatic heterocycles. The van der Waals surface area contributed by atoms with Crippen molar-refractivity contribution in [1.29, 1.82) is 0 Å². The third-order valence-electron chi connectivity index (χ3n) is 3.90. The van der Waals surface area contributed by atoms with Crippen LogP contribution in [-0.4, -0.2) is 55.3 Å². The lowest BCUT2D eigenvalue weighted by Gasteiger charge is -2.19. The van der Waals surface area contributed by atoms with Crippen LogP contribution >= 0.6 is 0 Å². The van der Waals surface area contributed by atoms with E-state index in [4.69, 9.17) is 19.3 Å². The van der Waals surface area contributed by atoms with Gasteiger partial charge in [-0.15, -0.1) is 0 Å². The predicted octanol–water partition coefficient (Wildman–Crippen LogP) is 3.01. The topological polar surface area (TPSA) is 85.3 Å². The number of aryl methyl sites for hydroxylation is 1. The van der Waals surface area contributed by atoms with Gasteiger partial charge in [-0.3, -0.25) is 4.79 Å². The van der Waals surface area contributed by atoms with E-state index in [0.717, 1.165) is 11.3 Å². The molecule has 2 aromatic carbocycles. The van der Waals surface area contributed by atoms with Crippen LogP contribution in [-0.2, 0) is 4.79 Å². The molecule has 0 aliphatic rings. The molecule has 0 spiro atoms. The van der Waals surface area contributed by atoms with E-state index < -0.39 is 12.6 Å². The highest BCUT2D eigenvalue weighted by atomic mass is 16.5. The summed E-state index contributed by atoms with van der Waals surface area (Å²) >= 11 is 0. The number of carbonyl (C=O) groups is 2. The average Bonchev–Trinajstić information content (AvgIpc) is 2.68. The Morgan fingerprint density at radius 1 is 1.00 bits per heavy atom. The molecule has 0 aliphatic carbocycles. The molecule has 0 saturated heterocycles. The first-order chi connectivity index (χ1) is 13.4. The van der Waals surface area contributed by atoms with Crippen LogP contribution in [0.5, 0.6) is 17.2 Å². The van der Waals surface area contributed by atoms with Crippen molar-refractivity contribution in [2.75, 3.05) is 33.4 Å². The number of carbonyl (C=O) groups excluding carboxylic acids is 1. The number of ether oxygens (including phenoxy) is 3. The van der Waals surface area contributed by atoms with E-state index in [-0.39, 0.29) is 11.7 Å². The SMILES string of the molecule is CCOc1cc(C(=O)N(C)CCOc2ccc(C)cc2)ccc1OCC(=O)O. The zero-order chi connectivity index (χ0) is 20.5. The largest absolute Gasteiger partial charge is 0.492 e. The van der Waals surface area contributed by atoms with Gasteiger partial charge in [0.05, 0.1) is 13.2 Å². The Labute approximate surface area is 164 Å². The summed E-state index contributed by atoms with van der Waals surface area (Å²) in [6, 6.07) is 12.4. The molecule has 2 aromatic rings. The van der Waals surface area contributed by atoms with Crippen LogP contribution in [0.4, 0.5) is 0 Å². The summed E-state index contributed by atoms with van der Waals surface area (Å²) < 4.78 is 16.3. The lowest BCUT2D eigenvalue weighted by molar-refractivity contribution is -0.139. The quantitative estimate of drug-likeness (QED) is 0.675. The van der Waals surface area contributed by atoms with Crippen molar-refractivity contribution in [3.8, 4) is 17.2 Å². The van der Waals surface area contributed by atoms with Crippen molar-refractivity contribution < 1.29 is 28.9 Å². The number of hydrogen-bond donors (Lipinski definition) is 1. The number of hydrogen-bond acceptors (Lipinski definition) is 5. The Morgan fingerprint density at radius 3 is 2.36 bits per heavy atom. The maximum Gasteiger partial charge on any atom is 0.341 e. The second-order valence-electron chi connectivity index (χ2n) is 6.17. The Bertz CT molecular complexity index is 803. The molecule has 0 aromatic heterocycles. The Kier molecular flexibility index (Phi) is 7.68. The highest BCUT2D eigenvalue weighted by Gasteiger charge is 2.16. The summed E-state index contributed by atoms with van der Waals surface area (Å²) in [5.41, 5.74) is 1.57. The molecule has 0 radical (unpaired) electrons. The van der Waals surface area contributed by atoms with Gasteiger partial charge in [-0.2, -0.15) is 0 Å². The molecule has 0 atom stereocenters. The number of benzene rings is 2. The molecule has 2 rings (SSSR count). The van der Waals surface area contributed by atoms with Crippen LogP contribution in [0.25, 0.3) is 0 Å². The molecule has 0 bridgehead atoms. The summed E-state index contributed by atoms with van der Waals surface area (Å²) in [4.78, 5) is 24.9. The van der Waals surface area contributed by atoms with Crippen molar-refractivity contribution in [3.05, 3.63) is 53.6 Å². The standard InChI is InChI=1S/C21H25NO6/c1-4-26-19-13-16(7-10-18(19)28-14-20(23)24)21(25)22(3)11-12-27-17-8-5-15(2)6-9-17/h5-10,13H,4,11-12,14H2,1-3H3,(H,23,24). The fourth-order valence-electron chi connectivity index (χ4n) is 2.42. The van der Waals surface area contributed by atoms with E-state index in [1.807, 2.05) is 31.2 Å². The lowest BCUT2D eigenvalue weighted by Crippen LogP contribution is -2.30. The number of carboxylic acid groups (broad SMARTS) is 1. The van der Waals surface area contributed by atoms with Crippen LogP contribution in [0.2, 0.25) is 0 Å². The first kappa shape index (κ1) is 21.1. The highest BCUT2D eigenvalue weighted by molar-refractivity contribution is 5.94. The Balaban J connectivity index is 1.97. The summed E-state index contributed by atoms with van der Waals surface area (Å²) in [5, 5.41) is 8.75. The van der Waals surface area contributed by atoms with Crippen LogP contribution in [0.15, 0.2) is 42.5 Å². The van der Waals surface area contributed by atoms with Gasteiger partial charge in [0.15, 0.2) is 18.1 Å². The van der Waals surface area contributed by atoms with Gasteiger partial charge < -0.3 is 24.2 Å². The van der Waals surface area contributed by atoms with Gasteiger partial charge in [-0.05, 0) is 44.2 Å². The van der Waals surface area contributed by atoms with E-state index >= 15 is 0 Å². The summed E-state index contributed by atoms with van der Waals surface area (Å²) in [6.45, 7) is 4.46. The fourth-order valence-corrected chi connectivity index (χ4v) is 2.42. The van der Waals surface area contributed by atoms with E-state index in [9.17, 15) is 9.59 Å². The fraction of sp³-hybridized carbons (Fsp3) is 0.333. The van der Waals surface area contributed by atoms with Crippen LogP contribution in [0.3, 0.4) is 0 Å². The first-order valence-electron chi connectivity index (χ1n) is 8.97. The summed E-state index contributed by atoms with van der Waals surface area (Å²) in [7, 11) is 1.69. The molecule has 1 N–H and O–H groups in total. The van der Waals surface area contributed by atoms with E-state index in [1.54, 1.807) is 31.0 Å². The molecule has 7 nitrogen and oxygen atoms in total.